The fraction of sp³-hybridized carbons (Fsp3) is 0.900. The maximum atomic E-state index is 11.3. The van der Waals surface area contributed by atoms with Crippen molar-refractivity contribution in [1.82, 2.24) is 5.32 Å². The fourth-order valence-corrected chi connectivity index (χ4v) is 1.63. The Kier molecular flexibility index (Phi) is 7.99. The number of carbonyl (C=O) groups is 1. The summed E-state index contributed by atoms with van der Waals surface area (Å²) in [6, 6.07) is -0.165. The third-order valence-electron chi connectivity index (χ3n) is 2.01. The van der Waals surface area contributed by atoms with Crippen molar-refractivity contribution in [3.05, 3.63) is 0 Å². The van der Waals surface area contributed by atoms with E-state index in [1.807, 2.05) is 25.6 Å². The van der Waals surface area contributed by atoms with Gasteiger partial charge in [-0.15, -0.1) is 0 Å². The van der Waals surface area contributed by atoms with Crippen molar-refractivity contribution >= 4 is 17.7 Å². The Hall–Kier alpha value is -0.220. The van der Waals surface area contributed by atoms with E-state index < -0.39 is 0 Å². The standard InChI is InChI=1S/C10H21NO2S/c1-8(2)9(10(12)13-3)11-6-5-7-14-4/h8-9,11H,5-7H2,1-4H3/t9-/m0/s1. The average Bonchev–Trinajstić information content (AvgIpc) is 2.16. The van der Waals surface area contributed by atoms with Crippen LogP contribution in [0, 0.1) is 5.92 Å². The topological polar surface area (TPSA) is 38.3 Å². The summed E-state index contributed by atoms with van der Waals surface area (Å²) >= 11 is 1.82. The number of rotatable bonds is 7. The predicted molar refractivity (Wildman–Crippen MR) is 61.6 cm³/mol. The maximum Gasteiger partial charge on any atom is 0.323 e. The molecule has 0 aromatic rings. The van der Waals surface area contributed by atoms with Crippen LogP contribution in [0.25, 0.3) is 0 Å². The van der Waals surface area contributed by atoms with E-state index in [0.29, 0.717) is 0 Å². The Morgan fingerprint density at radius 3 is 2.57 bits per heavy atom. The minimum atomic E-state index is -0.165. The second kappa shape index (κ2) is 8.12. The Morgan fingerprint density at radius 1 is 1.50 bits per heavy atom. The van der Waals surface area contributed by atoms with E-state index >= 15 is 0 Å². The first-order valence-electron chi connectivity index (χ1n) is 4.93. The average molecular weight is 219 g/mol. The van der Waals surface area contributed by atoms with Gasteiger partial charge < -0.3 is 10.1 Å². The van der Waals surface area contributed by atoms with Gasteiger partial charge in [-0.3, -0.25) is 4.79 Å². The second-order valence-electron chi connectivity index (χ2n) is 3.55. The van der Waals surface area contributed by atoms with Crippen LogP contribution in [0.3, 0.4) is 0 Å². The van der Waals surface area contributed by atoms with Crippen molar-refractivity contribution in [2.45, 2.75) is 26.3 Å². The normalized spacial score (nSPS) is 12.9. The Morgan fingerprint density at radius 2 is 2.14 bits per heavy atom. The van der Waals surface area contributed by atoms with E-state index in [9.17, 15) is 4.79 Å². The van der Waals surface area contributed by atoms with Gasteiger partial charge in [0.25, 0.3) is 0 Å². The van der Waals surface area contributed by atoms with Crippen LogP contribution in [-0.2, 0) is 9.53 Å². The summed E-state index contributed by atoms with van der Waals surface area (Å²) in [5.74, 6) is 1.24. The number of thioether (sulfide) groups is 1. The van der Waals surface area contributed by atoms with Crippen LogP contribution >= 0.6 is 11.8 Å². The van der Waals surface area contributed by atoms with Crippen molar-refractivity contribution in [2.24, 2.45) is 5.92 Å². The molecule has 0 aromatic heterocycles. The van der Waals surface area contributed by atoms with Crippen molar-refractivity contribution in [3.63, 3.8) is 0 Å². The van der Waals surface area contributed by atoms with E-state index in [4.69, 9.17) is 4.74 Å². The van der Waals surface area contributed by atoms with Gasteiger partial charge in [0.05, 0.1) is 7.11 Å². The number of methoxy groups -OCH3 is 1. The maximum absolute atomic E-state index is 11.3. The van der Waals surface area contributed by atoms with Crippen molar-refractivity contribution in [1.29, 1.82) is 0 Å². The van der Waals surface area contributed by atoms with Crippen molar-refractivity contribution in [3.8, 4) is 0 Å². The first-order chi connectivity index (χ1) is 6.63. The molecular formula is C10H21NO2S. The van der Waals surface area contributed by atoms with Gasteiger partial charge >= 0.3 is 5.97 Å². The van der Waals surface area contributed by atoms with Crippen LogP contribution in [0.15, 0.2) is 0 Å². The molecule has 0 aliphatic heterocycles. The lowest BCUT2D eigenvalue weighted by atomic mass is 10.0. The number of ether oxygens (including phenoxy) is 1. The zero-order valence-corrected chi connectivity index (χ0v) is 10.3. The van der Waals surface area contributed by atoms with Crippen molar-refractivity contribution < 1.29 is 9.53 Å². The summed E-state index contributed by atoms with van der Waals surface area (Å²) in [6.07, 6.45) is 3.17. The van der Waals surface area contributed by atoms with E-state index in [2.05, 4.69) is 11.6 Å². The molecule has 0 saturated heterocycles. The smallest absolute Gasteiger partial charge is 0.323 e. The van der Waals surface area contributed by atoms with Crippen LogP contribution in [-0.4, -0.2) is 37.7 Å². The van der Waals surface area contributed by atoms with Gasteiger partial charge in [-0.1, -0.05) is 13.8 Å². The summed E-state index contributed by atoms with van der Waals surface area (Å²) in [6.45, 7) is 4.91. The number of hydrogen-bond donors (Lipinski definition) is 1. The molecule has 0 bridgehead atoms. The van der Waals surface area contributed by atoms with Gasteiger partial charge in [0, 0.05) is 0 Å². The Labute approximate surface area is 91.0 Å². The molecule has 0 aliphatic rings. The summed E-state index contributed by atoms with van der Waals surface area (Å²) in [5.41, 5.74) is 0. The molecule has 0 radical (unpaired) electrons. The molecular weight excluding hydrogens is 198 g/mol. The third kappa shape index (κ3) is 5.50. The van der Waals surface area contributed by atoms with Crippen LogP contribution in [0.2, 0.25) is 0 Å². The highest BCUT2D eigenvalue weighted by Crippen LogP contribution is 2.04. The highest BCUT2D eigenvalue weighted by Gasteiger charge is 2.21. The summed E-state index contributed by atoms with van der Waals surface area (Å²) < 4.78 is 4.72. The minimum absolute atomic E-state index is 0.163. The molecule has 4 heteroatoms. The van der Waals surface area contributed by atoms with Crippen LogP contribution in [0.5, 0.6) is 0 Å². The SMILES string of the molecule is COC(=O)[C@@H](NCCCSC)C(C)C. The number of hydrogen-bond acceptors (Lipinski definition) is 4. The van der Waals surface area contributed by atoms with Gasteiger partial charge in [-0.25, -0.2) is 0 Å². The number of carbonyl (C=O) groups excluding carboxylic acids is 1. The second-order valence-corrected chi connectivity index (χ2v) is 4.53. The minimum Gasteiger partial charge on any atom is -0.468 e. The molecule has 0 rings (SSSR count). The lowest BCUT2D eigenvalue weighted by Gasteiger charge is -2.19. The Balaban J connectivity index is 3.80. The molecule has 14 heavy (non-hydrogen) atoms. The quantitative estimate of drug-likeness (QED) is 0.520. The van der Waals surface area contributed by atoms with E-state index in [-0.39, 0.29) is 17.9 Å². The molecule has 0 aromatic carbocycles. The van der Waals surface area contributed by atoms with E-state index in [1.54, 1.807) is 0 Å². The third-order valence-corrected chi connectivity index (χ3v) is 2.71. The molecule has 1 N–H and O–H groups in total. The monoisotopic (exact) mass is 219 g/mol. The van der Waals surface area contributed by atoms with Crippen LogP contribution < -0.4 is 5.32 Å². The van der Waals surface area contributed by atoms with Gasteiger partial charge in [0.2, 0.25) is 0 Å². The molecule has 84 valence electrons. The summed E-state index contributed by atoms with van der Waals surface area (Å²) in [5, 5.41) is 3.22. The molecule has 0 fully saturated rings. The highest BCUT2D eigenvalue weighted by atomic mass is 32.2. The molecule has 0 heterocycles. The first-order valence-corrected chi connectivity index (χ1v) is 6.33. The largest absolute Gasteiger partial charge is 0.468 e. The van der Waals surface area contributed by atoms with Gasteiger partial charge in [0.15, 0.2) is 0 Å². The molecule has 1 atom stereocenters. The van der Waals surface area contributed by atoms with E-state index in [1.165, 1.54) is 7.11 Å². The van der Waals surface area contributed by atoms with Crippen LogP contribution in [0.4, 0.5) is 0 Å². The molecule has 0 saturated carbocycles. The zero-order chi connectivity index (χ0) is 11.0. The molecule has 3 nitrogen and oxygen atoms in total. The lowest BCUT2D eigenvalue weighted by Crippen LogP contribution is -2.42. The van der Waals surface area contributed by atoms with Gasteiger partial charge in [-0.05, 0) is 30.9 Å². The van der Waals surface area contributed by atoms with Crippen molar-refractivity contribution in [2.75, 3.05) is 25.7 Å². The molecule has 0 amide bonds. The van der Waals surface area contributed by atoms with Crippen LogP contribution in [0.1, 0.15) is 20.3 Å². The number of nitrogens with one attached hydrogen (secondary N) is 1. The summed E-state index contributed by atoms with van der Waals surface area (Å²) in [4.78, 5) is 11.3. The first kappa shape index (κ1) is 13.8. The Bertz CT molecular complexity index is 162. The van der Waals surface area contributed by atoms with Gasteiger partial charge in [0.1, 0.15) is 6.04 Å². The predicted octanol–water partition coefficient (Wildman–Crippen LogP) is 1.53. The van der Waals surface area contributed by atoms with Gasteiger partial charge in [-0.2, -0.15) is 11.8 Å². The number of esters is 1. The molecule has 0 aliphatic carbocycles. The summed E-state index contributed by atoms with van der Waals surface area (Å²) in [7, 11) is 1.43. The fourth-order valence-electron chi connectivity index (χ4n) is 1.19. The molecule has 0 spiro atoms. The zero-order valence-electron chi connectivity index (χ0n) is 9.50. The molecule has 0 unspecified atom stereocenters. The lowest BCUT2D eigenvalue weighted by molar-refractivity contribution is -0.144. The highest BCUT2D eigenvalue weighted by molar-refractivity contribution is 7.98. The van der Waals surface area contributed by atoms with E-state index in [0.717, 1.165) is 18.7 Å².